The first-order valence-electron chi connectivity index (χ1n) is 7.71. The number of piperidine rings is 1. The molecule has 24 heavy (non-hydrogen) atoms. The normalized spacial score (nSPS) is 18.6. The number of aliphatic hydroxyl groups is 1. The monoisotopic (exact) mass is 338 g/mol. The summed E-state index contributed by atoms with van der Waals surface area (Å²) in [5.74, 6) is -0.742. The smallest absolute Gasteiger partial charge is 0.383 e. The third-order valence-corrected chi connectivity index (χ3v) is 4.51. The van der Waals surface area contributed by atoms with E-state index in [0.717, 1.165) is 11.3 Å². The first kappa shape index (κ1) is 16.7. The van der Waals surface area contributed by atoms with Crippen LogP contribution in [-0.2, 0) is 6.54 Å². The van der Waals surface area contributed by atoms with Crippen LogP contribution in [0.15, 0.2) is 24.5 Å². The van der Waals surface area contributed by atoms with Crippen molar-refractivity contribution >= 4 is 5.65 Å². The SMILES string of the molecule is N#Cc1ccc2ncc(CN3CCC(C(O)C(F)(F)F)CC3)n2c1. The second-order valence-electron chi connectivity index (χ2n) is 6.11. The molecule has 0 radical (unpaired) electrons. The Morgan fingerprint density at radius 1 is 1.33 bits per heavy atom. The highest BCUT2D eigenvalue weighted by molar-refractivity contribution is 5.44. The lowest BCUT2D eigenvalue weighted by Gasteiger charge is -2.34. The summed E-state index contributed by atoms with van der Waals surface area (Å²) in [6, 6.07) is 5.52. The third-order valence-electron chi connectivity index (χ3n) is 4.51. The van der Waals surface area contributed by atoms with Gasteiger partial charge in [-0.15, -0.1) is 0 Å². The molecule has 1 atom stereocenters. The zero-order valence-corrected chi connectivity index (χ0v) is 12.9. The summed E-state index contributed by atoms with van der Waals surface area (Å²) < 4.78 is 39.6. The van der Waals surface area contributed by atoms with Gasteiger partial charge in [-0.3, -0.25) is 4.90 Å². The van der Waals surface area contributed by atoms with Gasteiger partial charge in [-0.05, 0) is 44.0 Å². The number of pyridine rings is 1. The van der Waals surface area contributed by atoms with Crippen molar-refractivity contribution < 1.29 is 18.3 Å². The zero-order valence-electron chi connectivity index (χ0n) is 12.9. The third kappa shape index (κ3) is 3.37. The highest BCUT2D eigenvalue weighted by Crippen LogP contribution is 2.31. The van der Waals surface area contributed by atoms with E-state index < -0.39 is 18.2 Å². The van der Waals surface area contributed by atoms with Crippen LogP contribution in [0, 0.1) is 17.2 Å². The van der Waals surface area contributed by atoms with Crippen LogP contribution in [0.2, 0.25) is 0 Å². The van der Waals surface area contributed by atoms with Crippen molar-refractivity contribution in [2.24, 2.45) is 5.92 Å². The van der Waals surface area contributed by atoms with E-state index in [-0.39, 0.29) is 0 Å². The van der Waals surface area contributed by atoms with E-state index >= 15 is 0 Å². The summed E-state index contributed by atoms with van der Waals surface area (Å²) >= 11 is 0. The van der Waals surface area contributed by atoms with E-state index in [9.17, 15) is 18.3 Å². The summed E-state index contributed by atoms with van der Waals surface area (Å²) in [5.41, 5.74) is 2.14. The molecule has 8 heteroatoms. The van der Waals surface area contributed by atoms with E-state index in [2.05, 4.69) is 11.1 Å². The van der Waals surface area contributed by atoms with Crippen molar-refractivity contribution in [1.29, 1.82) is 5.26 Å². The number of fused-ring (bicyclic) bond motifs is 1. The second kappa shape index (κ2) is 6.42. The maximum Gasteiger partial charge on any atom is 0.414 e. The molecule has 0 bridgehead atoms. The second-order valence-corrected chi connectivity index (χ2v) is 6.11. The lowest BCUT2D eigenvalue weighted by molar-refractivity contribution is -0.223. The molecule has 1 aliphatic rings. The lowest BCUT2D eigenvalue weighted by Crippen LogP contribution is -2.43. The van der Waals surface area contributed by atoms with Gasteiger partial charge in [0, 0.05) is 12.7 Å². The molecular formula is C16H17F3N4O. The predicted octanol–water partition coefficient (Wildman–Crippen LogP) is 2.34. The van der Waals surface area contributed by atoms with E-state index in [0.29, 0.717) is 38.0 Å². The zero-order chi connectivity index (χ0) is 17.3. The Morgan fingerprint density at radius 3 is 2.67 bits per heavy atom. The molecule has 1 N–H and O–H groups in total. The minimum atomic E-state index is -4.55. The van der Waals surface area contributed by atoms with Crippen molar-refractivity contribution in [3.63, 3.8) is 0 Å². The van der Waals surface area contributed by atoms with Gasteiger partial charge in [0.15, 0.2) is 6.10 Å². The Hall–Kier alpha value is -2.11. The van der Waals surface area contributed by atoms with E-state index in [1.165, 1.54) is 0 Å². The Balaban J connectivity index is 1.66. The Labute approximate surface area is 136 Å². The molecule has 128 valence electrons. The summed E-state index contributed by atoms with van der Waals surface area (Å²) in [6.07, 6.45) is -2.76. The first-order valence-corrected chi connectivity index (χ1v) is 7.71. The summed E-state index contributed by atoms with van der Waals surface area (Å²) in [6.45, 7) is 1.52. The van der Waals surface area contributed by atoms with Gasteiger partial charge in [-0.2, -0.15) is 18.4 Å². The standard InChI is InChI=1S/C16H17F3N4O/c17-16(18,19)15(24)12-3-5-22(6-4-12)10-13-8-21-14-2-1-11(7-20)9-23(13)14/h1-2,8-9,12,15,24H,3-6,10H2. The van der Waals surface area contributed by atoms with Gasteiger partial charge in [0.05, 0.1) is 17.5 Å². The van der Waals surface area contributed by atoms with E-state index in [1.807, 2.05) is 9.30 Å². The Bertz CT molecular complexity index is 757. The Morgan fingerprint density at radius 2 is 2.04 bits per heavy atom. The van der Waals surface area contributed by atoms with Crippen LogP contribution < -0.4 is 0 Å². The predicted molar refractivity (Wildman–Crippen MR) is 80.0 cm³/mol. The molecular weight excluding hydrogens is 321 g/mol. The minimum Gasteiger partial charge on any atom is -0.383 e. The molecule has 0 amide bonds. The van der Waals surface area contributed by atoms with Crippen LogP contribution >= 0.6 is 0 Å². The van der Waals surface area contributed by atoms with Crippen LogP contribution in [0.1, 0.15) is 24.1 Å². The summed E-state index contributed by atoms with van der Waals surface area (Å²) in [7, 11) is 0. The van der Waals surface area contributed by atoms with Crippen molar-refractivity contribution in [1.82, 2.24) is 14.3 Å². The fraction of sp³-hybridized carbons (Fsp3) is 0.500. The number of likely N-dealkylation sites (tertiary alicyclic amines) is 1. The highest BCUT2D eigenvalue weighted by atomic mass is 19.4. The molecule has 0 spiro atoms. The molecule has 3 heterocycles. The number of hydrogen-bond acceptors (Lipinski definition) is 4. The van der Waals surface area contributed by atoms with Crippen molar-refractivity contribution in [3.8, 4) is 6.07 Å². The molecule has 1 saturated heterocycles. The van der Waals surface area contributed by atoms with Gasteiger partial charge in [-0.25, -0.2) is 4.98 Å². The molecule has 0 aromatic carbocycles. The van der Waals surface area contributed by atoms with Crippen molar-refractivity contribution in [2.75, 3.05) is 13.1 Å². The topological polar surface area (TPSA) is 64.6 Å². The molecule has 2 aromatic heterocycles. The summed E-state index contributed by atoms with van der Waals surface area (Å²) in [5, 5.41) is 18.3. The number of alkyl halides is 3. The lowest BCUT2D eigenvalue weighted by atomic mass is 9.91. The number of nitriles is 1. The van der Waals surface area contributed by atoms with Gasteiger partial charge >= 0.3 is 6.18 Å². The van der Waals surface area contributed by atoms with Gasteiger partial charge in [-0.1, -0.05) is 0 Å². The van der Waals surface area contributed by atoms with Crippen molar-refractivity contribution in [2.45, 2.75) is 31.7 Å². The van der Waals surface area contributed by atoms with Crippen LogP contribution in [-0.4, -0.2) is 44.8 Å². The van der Waals surface area contributed by atoms with E-state index in [4.69, 9.17) is 5.26 Å². The number of aliphatic hydroxyl groups excluding tert-OH is 1. The number of hydrogen-bond donors (Lipinski definition) is 1. The number of aromatic nitrogens is 2. The molecule has 1 unspecified atom stereocenters. The molecule has 2 aromatic rings. The fourth-order valence-electron chi connectivity index (χ4n) is 3.14. The summed E-state index contributed by atoms with van der Waals surface area (Å²) in [4.78, 5) is 6.32. The van der Waals surface area contributed by atoms with Crippen LogP contribution in [0.3, 0.4) is 0 Å². The largest absolute Gasteiger partial charge is 0.414 e. The van der Waals surface area contributed by atoms with Crippen molar-refractivity contribution in [3.05, 3.63) is 35.8 Å². The molecule has 1 fully saturated rings. The number of rotatable bonds is 3. The van der Waals surface area contributed by atoms with Gasteiger partial charge in [0.2, 0.25) is 0 Å². The van der Waals surface area contributed by atoms with Gasteiger partial charge < -0.3 is 9.51 Å². The molecule has 0 saturated carbocycles. The number of halogens is 3. The van der Waals surface area contributed by atoms with E-state index in [1.54, 1.807) is 24.5 Å². The highest BCUT2D eigenvalue weighted by Gasteiger charge is 2.44. The number of imidazole rings is 1. The average molecular weight is 338 g/mol. The van der Waals surface area contributed by atoms with Gasteiger partial charge in [0.1, 0.15) is 11.7 Å². The minimum absolute atomic E-state index is 0.306. The van der Waals surface area contributed by atoms with Crippen LogP contribution in [0.5, 0.6) is 0 Å². The Kier molecular flexibility index (Phi) is 4.47. The number of nitrogens with zero attached hydrogens (tertiary/aromatic N) is 4. The van der Waals surface area contributed by atoms with Crippen LogP contribution in [0.4, 0.5) is 13.2 Å². The molecule has 0 aliphatic carbocycles. The molecule has 3 rings (SSSR count). The fourth-order valence-corrected chi connectivity index (χ4v) is 3.14. The maximum atomic E-state index is 12.6. The average Bonchev–Trinajstić information content (AvgIpc) is 2.96. The maximum absolute atomic E-state index is 12.6. The van der Waals surface area contributed by atoms with Gasteiger partial charge in [0.25, 0.3) is 0 Å². The van der Waals surface area contributed by atoms with Crippen LogP contribution in [0.25, 0.3) is 5.65 Å². The quantitative estimate of drug-likeness (QED) is 0.933. The first-order chi connectivity index (χ1) is 11.4. The molecule has 5 nitrogen and oxygen atoms in total. The molecule has 1 aliphatic heterocycles.